The summed E-state index contributed by atoms with van der Waals surface area (Å²) >= 11 is 0. The summed E-state index contributed by atoms with van der Waals surface area (Å²) in [4.78, 5) is 72.7. The number of rotatable bonds is 75. The van der Waals surface area contributed by atoms with Crippen molar-refractivity contribution < 1.29 is 80.2 Å². The first-order chi connectivity index (χ1) is 45.9. The van der Waals surface area contributed by atoms with E-state index in [9.17, 15) is 43.2 Å². The number of aliphatic hydroxyl groups is 1. The minimum atomic E-state index is -4.96. The van der Waals surface area contributed by atoms with Crippen LogP contribution < -0.4 is 0 Å². The lowest BCUT2D eigenvalue weighted by Gasteiger charge is -2.21. The molecule has 0 rings (SSSR count). The molecular weight excluding hydrogens is 1250 g/mol. The highest BCUT2D eigenvalue weighted by Crippen LogP contribution is 2.45. The molecule has 3 N–H and O–H groups in total. The van der Waals surface area contributed by atoms with Crippen LogP contribution in [0.15, 0.2) is 0 Å². The van der Waals surface area contributed by atoms with Crippen molar-refractivity contribution in [3.63, 3.8) is 0 Å². The van der Waals surface area contributed by atoms with Gasteiger partial charge in [-0.15, -0.1) is 0 Å². The van der Waals surface area contributed by atoms with Gasteiger partial charge in [-0.2, -0.15) is 0 Å². The summed E-state index contributed by atoms with van der Waals surface area (Å²) in [5.74, 6) is -0.581. The fourth-order valence-electron chi connectivity index (χ4n) is 11.7. The second-order valence-electron chi connectivity index (χ2n) is 28.3. The number of unbranched alkanes of at least 4 members (excludes halogenated alkanes) is 45. The fraction of sp³-hybridized carbons (Fsp3) is 0.947. The average Bonchev–Trinajstić information content (AvgIpc) is 1.72. The Hall–Kier alpha value is -1.94. The lowest BCUT2D eigenvalue weighted by Crippen LogP contribution is -2.30. The van der Waals surface area contributed by atoms with Gasteiger partial charge in [0.15, 0.2) is 12.2 Å². The highest BCUT2D eigenvalue weighted by Gasteiger charge is 2.30. The van der Waals surface area contributed by atoms with Gasteiger partial charge < -0.3 is 33.8 Å². The van der Waals surface area contributed by atoms with Crippen molar-refractivity contribution in [2.75, 3.05) is 39.6 Å². The van der Waals surface area contributed by atoms with Crippen LogP contribution in [0.4, 0.5) is 0 Å². The van der Waals surface area contributed by atoms with E-state index in [2.05, 4.69) is 41.5 Å². The molecule has 0 fully saturated rings. The Labute approximate surface area is 581 Å². The van der Waals surface area contributed by atoms with Crippen molar-refractivity contribution in [3.05, 3.63) is 0 Å². The van der Waals surface area contributed by atoms with Gasteiger partial charge in [0.1, 0.15) is 19.3 Å². The van der Waals surface area contributed by atoms with Crippen LogP contribution in [0, 0.1) is 11.8 Å². The van der Waals surface area contributed by atoms with Crippen LogP contribution >= 0.6 is 15.6 Å². The summed E-state index contributed by atoms with van der Waals surface area (Å²) < 4.78 is 68.4. The van der Waals surface area contributed by atoms with Gasteiger partial charge in [0.05, 0.1) is 26.4 Å². The van der Waals surface area contributed by atoms with E-state index in [1.807, 2.05) is 0 Å². The Morgan fingerprint density at radius 3 is 0.716 bits per heavy atom. The first-order valence-corrected chi connectivity index (χ1v) is 42.5. The normalized spacial score (nSPS) is 14.0. The van der Waals surface area contributed by atoms with Crippen molar-refractivity contribution in [3.8, 4) is 0 Å². The third-order valence-electron chi connectivity index (χ3n) is 17.7. The smallest absolute Gasteiger partial charge is 0.462 e. The maximum atomic E-state index is 13.1. The molecule has 0 amide bonds. The second-order valence-corrected chi connectivity index (χ2v) is 31.3. The van der Waals surface area contributed by atoms with Crippen molar-refractivity contribution in [1.82, 2.24) is 0 Å². The number of carbonyl (C=O) groups excluding carboxylic acids is 4. The number of carbonyl (C=O) groups is 4. The topological polar surface area (TPSA) is 237 Å². The largest absolute Gasteiger partial charge is 0.472 e. The summed E-state index contributed by atoms with van der Waals surface area (Å²) in [6.07, 6.45) is 55.7. The molecule has 0 aromatic rings. The van der Waals surface area contributed by atoms with E-state index in [1.54, 1.807) is 0 Å². The van der Waals surface area contributed by atoms with Crippen LogP contribution in [0.1, 0.15) is 395 Å². The van der Waals surface area contributed by atoms with Gasteiger partial charge >= 0.3 is 39.5 Å². The van der Waals surface area contributed by atoms with E-state index in [4.69, 9.17) is 37.0 Å². The third kappa shape index (κ3) is 70.3. The highest BCUT2D eigenvalue weighted by atomic mass is 31.2. The van der Waals surface area contributed by atoms with Crippen LogP contribution in [0.25, 0.3) is 0 Å². The lowest BCUT2D eigenvalue weighted by atomic mass is 10.0. The molecule has 0 aliphatic rings. The van der Waals surface area contributed by atoms with Crippen LogP contribution in [0.3, 0.4) is 0 Å². The zero-order valence-corrected chi connectivity index (χ0v) is 63.8. The van der Waals surface area contributed by atoms with Crippen LogP contribution in [-0.4, -0.2) is 96.7 Å². The monoisotopic (exact) mass is 1400 g/mol. The third-order valence-corrected chi connectivity index (χ3v) is 19.6. The molecule has 2 unspecified atom stereocenters. The number of ether oxygens (including phenoxy) is 4. The molecule has 19 heteroatoms. The maximum Gasteiger partial charge on any atom is 0.472 e. The summed E-state index contributed by atoms with van der Waals surface area (Å²) in [6, 6.07) is 0. The minimum absolute atomic E-state index is 0.105. The van der Waals surface area contributed by atoms with Crippen molar-refractivity contribution in [2.45, 2.75) is 413 Å². The highest BCUT2D eigenvalue weighted by molar-refractivity contribution is 7.47. The van der Waals surface area contributed by atoms with Crippen molar-refractivity contribution in [2.24, 2.45) is 11.8 Å². The fourth-order valence-corrected chi connectivity index (χ4v) is 13.2. The molecule has 0 spiro atoms. The molecule has 0 aliphatic carbocycles. The van der Waals surface area contributed by atoms with E-state index in [0.29, 0.717) is 25.7 Å². The standard InChI is InChI=1S/C76H148O17P2/c1-7-9-11-13-15-16-17-18-19-20-21-24-27-30-35-41-47-53-59-74(79)87-65-72(93-75(80)60-54-48-42-36-31-28-25-22-23-26-29-33-39-44-50-56-68(3)4)67-91-95(84,85)89-63-70(77)62-88-94(82,83)90-66-71(64-86-73(78)58-52-46-38-14-12-10-8-2)92-76(81)61-55-49-43-37-32-34-40-45-51-57-69(5)6/h68-72,77H,7-67H2,1-6H3,(H,82,83)(H,84,85)/t70-,71+,72+/m0/s1. The lowest BCUT2D eigenvalue weighted by molar-refractivity contribution is -0.161. The molecular formula is C76H148O17P2. The van der Waals surface area contributed by atoms with Crippen LogP contribution in [-0.2, 0) is 65.4 Å². The Balaban J connectivity index is 5.18. The van der Waals surface area contributed by atoms with Crippen LogP contribution in [0.5, 0.6) is 0 Å². The van der Waals surface area contributed by atoms with Gasteiger partial charge in [0, 0.05) is 25.7 Å². The Morgan fingerprint density at radius 2 is 0.484 bits per heavy atom. The maximum absolute atomic E-state index is 13.1. The average molecular weight is 1400 g/mol. The van der Waals surface area contributed by atoms with E-state index in [1.165, 1.54) is 199 Å². The summed E-state index contributed by atoms with van der Waals surface area (Å²) in [6.45, 7) is 9.56. The first kappa shape index (κ1) is 93.1. The number of esters is 4. The molecule has 564 valence electrons. The zero-order chi connectivity index (χ0) is 70.0. The summed E-state index contributed by atoms with van der Waals surface area (Å²) in [7, 11) is -9.91. The summed E-state index contributed by atoms with van der Waals surface area (Å²) in [5, 5.41) is 10.6. The molecule has 0 saturated heterocycles. The van der Waals surface area contributed by atoms with Gasteiger partial charge in [-0.25, -0.2) is 9.13 Å². The number of aliphatic hydroxyl groups excluding tert-OH is 1. The van der Waals surface area contributed by atoms with Gasteiger partial charge in [-0.05, 0) is 37.5 Å². The van der Waals surface area contributed by atoms with E-state index < -0.39 is 97.5 Å². The van der Waals surface area contributed by atoms with Gasteiger partial charge in [0.25, 0.3) is 0 Å². The quantitative estimate of drug-likeness (QED) is 0.0222. The molecule has 17 nitrogen and oxygen atoms in total. The molecule has 95 heavy (non-hydrogen) atoms. The predicted molar refractivity (Wildman–Crippen MR) is 386 cm³/mol. The Kier molecular flexibility index (Phi) is 66.5. The molecule has 5 atom stereocenters. The van der Waals surface area contributed by atoms with E-state index in [-0.39, 0.29) is 25.7 Å². The Morgan fingerprint density at radius 1 is 0.284 bits per heavy atom. The molecule has 0 radical (unpaired) electrons. The molecule has 0 heterocycles. The molecule has 0 aromatic carbocycles. The first-order valence-electron chi connectivity index (χ1n) is 39.5. The number of hydrogen-bond donors (Lipinski definition) is 3. The van der Waals surface area contributed by atoms with Gasteiger partial charge in [0.2, 0.25) is 0 Å². The number of phosphoric acid groups is 2. The number of phosphoric ester groups is 2. The second kappa shape index (κ2) is 67.9. The molecule has 0 aliphatic heterocycles. The zero-order valence-electron chi connectivity index (χ0n) is 62.0. The van der Waals surface area contributed by atoms with Gasteiger partial charge in [-0.3, -0.25) is 37.3 Å². The van der Waals surface area contributed by atoms with Crippen molar-refractivity contribution >= 4 is 39.5 Å². The minimum Gasteiger partial charge on any atom is -0.462 e. The molecule has 0 aromatic heterocycles. The number of hydrogen-bond acceptors (Lipinski definition) is 15. The SMILES string of the molecule is CCCCCCCCCCCCCCCCCCCCC(=O)OC[C@H](COP(=O)(O)OC[C@@H](O)COP(=O)(O)OC[C@@H](COC(=O)CCCCCCCCC)OC(=O)CCCCCCCCCCCC(C)C)OC(=O)CCCCCCCCCCCCCCCCCC(C)C. The summed E-state index contributed by atoms with van der Waals surface area (Å²) in [5.41, 5.74) is 0. The Bertz CT molecular complexity index is 1840. The van der Waals surface area contributed by atoms with Crippen molar-refractivity contribution in [1.29, 1.82) is 0 Å². The van der Waals surface area contributed by atoms with E-state index >= 15 is 0 Å². The molecule has 0 saturated carbocycles. The van der Waals surface area contributed by atoms with Crippen LogP contribution in [0.2, 0.25) is 0 Å². The van der Waals surface area contributed by atoms with E-state index in [0.717, 1.165) is 115 Å². The van der Waals surface area contributed by atoms with Gasteiger partial charge in [-0.1, -0.05) is 343 Å². The molecule has 0 bridgehead atoms. The predicted octanol–water partition coefficient (Wildman–Crippen LogP) is 22.3.